The first-order valence-corrected chi connectivity index (χ1v) is 6.38. The number of anilines is 2. The summed E-state index contributed by atoms with van der Waals surface area (Å²) in [5, 5.41) is 4.11. The van der Waals surface area contributed by atoms with Crippen LogP contribution in [0.3, 0.4) is 0 Å². The molecule has 0 aliphatic heterocycles. The summed E-state index contributed by atoms with van der Waals surface area (Å²) in [6.45, 7) is 2.10. The zero-order chi connectivity index (χ0) is 12.4. The Kier molecular flexibility index (Phi) is 3.42. The maximum atomic E-state index is 11.7. The highest BCUT2D eigenvalue weighted by Crippen LogP contribution is 2.44. The summed E-state index contributed by atoms with van der Waals surface area (Å²) in [5.74, 6) is 0.155. The van der Waals surface area contributed by atoms with E-state index in [1.165, 1.54) is 11.3 Å². The van der Waals surface area contributed by atoms with Crippen molar-refractivity contribution in [2.45, 2.75) is 25.8 Å². The van der Waals surface area contributed by atoms with Gasteiger partial charge in [0, 0.05) is 6.04 Å². The summed E-state index contributed by atoms with van der Waals surface area (Å²) in [7, 11) is 1.55. The van der Waals surface area contributed by atoms with Crippen LogP contribution in [-0.2, 0) is 4.74 Å². The number of methoxy groups -OCH3 is 1. The standard InChI is InChI=1S/C11H16N2O3S/c1-3-16-11(14)9-7(12)8(15-2)10(17-9)13-6-4-5-6/h6,13H,3-5,12H2,1-2H3. The van der Waals surface area contributed by atoms with E-state index in [0.29, 0.717) is 29.0 Å². The van der Waals surface area contributed by atoms with Crippen LogP contribution in [-0.4, -0.2) is 25.7 Å². The second-order valence-electron chi connectivity index (χ2n) is 3.85. The fourth-order valence-electron chi connectivity index (χ4n) is 1.49. The number of carbonyl (C=O) groups excluding carboxylic acids is 1. The van der Waals surface area contributed by atoms with Crippen LogP contribution in [0.15, 0.2) is 0 Å². The lowest BCUT2D eigenvalue weighted by molar-refractivity contribution is 0.0533. The van der Waals surface area contributed by atoms with Crippen LogP contribution in [0.5, 0.6) is 5.75 Å². The monoisotopic (exact) mass is 256 g/mol. The molecule has 0 spiro atoms. The molecule has 3 N–H and O–H groups in total. The predicted octanol–water partition coefficient (Wildman–Crippen LogP) is 2.09. The molecular weight excluding hydrogens is 240 g/mol. The summed E-state index contributed by atoms with van der Waals surface area (Å²) < 4.78 is 10.2. The lowest BCUT2D eigenvalue weighted by atomic mass is 10.3. The minimum atomic E-state index is -0.392. The average Bonchev–Trinajstić information content (AvgIpc) is 3.04. The predicted molar refractivity (Wildman–Crippen MR) is 67.9 cm³/mol. The maximum absolute atomic E-state index is 11.7. The second-order valence-corrected chi connectivity index (χ2v) is 4.87. The Morgan fingerprint density at radius 1 is 1.59 bits per heavy atom. The van der Waals surface area contributed by atoms with Crippen molar-refractivity contribution in [2.24, 2.45) is 0 Å². The van der Waals surface area contributed by atoms with Crippen LogP contribution < -0.4 is 15.8 Å². The van der Waals surface area contributed by atoms with E-state index in [1.807, 2.05) is 0 Å². The van der Waals surface area contributed by atoms with Gasteiger partial charge >= 0.3 is 5.97 Å². The third kappa shape index (κ3) is 2.46. The number of rotatable bonds is 5. The highest BCUT2D eigenvalue weighted by Gasteiger charge is 2.27. The van der Waals surface area contributed by atoms with E-state index in [0.717, 1.165) is 17.8 Å². The molecule has 0 unspecified atom stereocenters. The van der Waals surface area contributed by atoms with Crippen LogP contribution in [0.2, 0.25) is 0 Å². The first-order chi connectivity index (χ1) is 8.17. The van der Waals surface area contributed by atoms with Gasteiger partial charge in [0.1, 0.15) is 15.6 Å². The largest absolute Gasteiger partial charge is 0.492 e. The van der Waals surface area contributed by atoms with Crippen LogP contribution in [0.25, 0.3) is 0 Å². The quantitative estimate of drug-likeness (QED) is 0.789. The van der Waals surface area contributed by atoms with Crippen LogP contribution in [0.4, 0.5) is 10.7 Å². The van der Waals surface area contributed by atoms with Gasteiger partial charge in [0.2, 0.25) is 0 Å². The molecule has 6 heteroatoms. The van der Waals surface area contributed by atoms with Crippen molar-refractivity contribution in [1.82, 2.24) is 0 Å². The van der Waals surface area contributed by atoms with Crippen molar-refractivity contribution in [3.05, 3.63) is 4.88 Å². The van der Waals surface area contributed by atoms with E-state index >= 15 is 0 Å². The SMILES string of the molecule is CCOC(=O)c1sc(NC2CC2)c(OC)c1N. The normalized spacial score (nSPS) is 14.5. The van der Waals surface area contributed by atoms with Crippen LogP contribution in [0.1, 0.15) is 29.4 Å². The molecule has 0 amide bonds. The van der Waals surface area contributed by atoms with E-state index in [9.17, 15) is 4.79 Å². The Hall–Kier alpha value is -1.43. The number of hydrogen-bond donors (Lipinski definition) is 2. The van der Waals surface area contributed by atoms with E-state index in [2.05, 4.69) is 5.32 Å². The fourth-order valence-corrected chi connectivity index (χ4v) is 2.55. The molecule has 5 nitrogen and oxygen atoms in total. The zero-order valence-electron chi connectivity index (χ0n) is 9.91. The minimum Gasteiger partial charge on any atom is -0.492 e. The number of ether oxygens (including phenoxy) is 2. The van der Waals surface area contributed by atoms with E-state index in [-0.39, 0.29) is 0 Å². The van der Waals surface area contributed by atoms with Crippen LogP contribution >= 0.6 is 11.3 Å². The highest BCUT2D eigenvalue weighted by atomic mass is 32.1. The second kappa shape index (κ2) is 4.83. The number of nitrogen functional groups attached to an aromatic ring is 1. The maximum Gasteiger partial charge on any atom is 0.350 e. The summed E-state index contributed by atoms with van der Waals surface area (Å²) in [4.78, 5) is 12.1. The molecule has 1 aliphatic rings. The van der Waals surface area contributed by atoms with Crippen molar-refractivity contribution in [3.63, 3.8) is 0 Å². The van der Waals surface area contributed by atoms with Gasteiger partial charge in [0.25, 0.3) is 0 Å². The highest BCUT2D eigenvalue weighted by molar-refractivity contribution is 7.19. The van der Waals surface area contributed by atoms with Crippen molar-refractivity contribution < 1.29 is 14.3 Å². The summed E-state index contributed by atoms with van der Waals surface area (Å²) >= 11 is 1.29. The number of thiophene rings is 1. The van der Waals surface area contributed by atoms with Gasteiger partial charge in [0.05, 0.1) is 13.7 Å². The average molecular weight is 256 g/mol. The molecule has 2 rings (SSSR count). The lowest BCUT2D eigenvalue weighted by Gasteiger charge is -2.04. The Balaban J connectivity index is 2.26. The van der Waals surface area contributed by atoms with Crippen molar-refractivity contribution >= 4 is 28.0 Å². The number of nitrogens with one attached hydrogen (secondary N) is 1. The smallest absolute Gasteiger partial charge is 0.350 e. The van der Waals surface area contributed by atoms with Gasteiger partial charge in [-0.25, -0.2) is 4.79 Å². The topological polar surface area (TPSA) is 73.6 Å². The molecular formula is C11H16N2O3S. The van der Waals surface area contributed by atoms with Gasteiger partial charge in [-0.2, -0.15) is 0 Å². The summed E-state index contributed by atoms with van der Waals surface area (Å²) in [6.07, 6.45) is 2.30. The molecule has 1 aromatic heterocycles. The Labute approximate surface area is 104 Å². The Morgan fingerprint density at radius 2 is 2.29 bits per heavy atom. The third-order valence-electron chi connectivity index (χ3n) is 2.48. The lowest BCUT2D eigenvalue weighted by Crippen LogP contribution is -2.05. The van der Waals surface area contributed by atoms with E-state index in [1.54, 1.807) is 14.0 Å². The molecule has 0 aromatic carbocycles. The molecule has 17 heavy (non-hydrogen) atoms. The van der Waals surface area contributed by atoms with Crippen molar-refractivity contribution in [2.75, 3.05) is 24.8 Å². The molecule has 0 saturated heterocycles. The van der Waals surface area contributed by atoms with Gasteiger partial charge in [-0.05, 0) is 19.8 Å². The van der Waals surface area contributed by atoms with Gasteiger partial charge in [-0.15, -0.1) is 11.3 Å². The Morgan fingerprint density at radius 3 is 2.82 bits per heavy atom. The first kappa shape index (κ1) is 12.0. The van der Waals surface area contributed by atoms with Crippen LogP contribution in [0, 0.1) is 0 Å². The molecule has 1 saturated carbocycles. The minimum absolute atomic E-state index is 0.337. The molecule has 0 radical (unpaired) electrons. The summed E-state index contributed by atoms with van der Waals surface area (Å²) in [5.41, 5.74) is 6.25. The van der Waals surface area contributed by atoms with Gasteiger partial charge in [-0.1, -0.05) is 0 Å². The molecule has 1 fully saturated rings. The number of esters is 1. The van der Waals surface area contributed by atoms with Crippen molar-refractivity contribution in [3.8, 4) is 5.75 Å². The van der Waals surface area contributed by atoms with Gasteiger partial charge in [-0.3, -0.25) is 0 Å². The molecule has 0 atom stereocenters. The Bertz CT molecular complexity index is 427. The molecule has 1 aromatic rings. The molecule has 0 bridgehead atoms. The van der Waals surface area contributed by atoms with Gasteiger partial charge in [0.15, 0.2) is 5.75 Å². The van der Waals surface area contributed by atoms with E-state index in [4.69, 9.17) is 15.2 Å². The zero-order valence-corrected chi connectivity index (χ0v) is 10.7. The van der Waals surface area contributed by atoms with Crippen molar-refractivity contribution in [1.29, 1.82) is 0 Å². The molecule has 1 aliphatic carbocycles. The third-order valence-corrected chi connectivity index (χ3v) is 3.58. The fraction of sp³-hybridized carbons (Fsp3) is 0.545. The molecule has 1 heterocycles. The number of hydrogen-bond acceptors (Lipinski definition) is 6. The first-order valence-electron chi connectivity index (χ1n) is 5.57. The number of nitrogens with two attached hydrogens (primary N) is 1. The summed E-state index contributed by atoms with van der Waals surface area (Å²) in [6, 6.07) is 0.483. The van der Waals surface area contributed by atoms with E-state index < -0.39 is 5.97 Å². The number of carbonyl (C=O) groups is 1. The van der Waals surface area contributed by atoms with Gasteiger partial charge < -0.3 is 20.5 Å². The molecule has 94 valence electrons.